The molecule has 28 heavy (non-hydrogen) atoms. The van der Waals surface area contributed by atoms with Gasteiger partial charge < -0.3 is 10.6 Å². The van der Waals surface area contributed by atoms with Gasteiger partial charge in [-0.2, -0.15) is 0 Å². The Bertz CT molecular complexity index is 989. The largest absolute Gasteiger partial charge is 0.350 e. The molecular formula is C19H26ClN5O3. The van der Waals surface area contributed by atoms with Gasteiger partial charge >= 0.3 is 5.69 Å². The van der Waals surface area contributed by atoms with Gasteiger partial charge in [0.1, 0.15) is 0 Å². The predicted molar refractivity (Wildman–Crippen MR) is 109 cm³/mol. The Morgan fingerprint density at radius 2 is 2.11 bits per heavy atom. The molecule has 3 N–H and O–H groups in total. The Morgan fingerprint density at radius 1 is 1.32 bits per heavy atom. The van der Waals surface area contributed by atoms with Crippen LogP contribution in [0.2, 0.25) is 0 Å². The van der Waals surface area contributed by atoms with Crippen LogP contribution in [0, 0.1) is 0 Å². The number of pyridine rings is 1. The molecule has 8 nitrogen and oxygen atoms in total. The van der Waals surface area contributed by atoms with E-state index in [9.17, 15) is 14.4 Å². The van der Waals surface area contributed by atoms with Crippen LogP contribution in [0.1, 0.15) is 61.0 Å². The Kier molecular flexibility index (Phi) is 6.20. The van der Waals surface area contributed by atoms with E-state index in [2.05, 4.69) is 20.6 Å². The molecule has 2 aromatic heterocycles. The molecule has 0 bridgehead atoms. The molecule has 2 aromatic rings. The van der Waals surface area contributed by atoms with Crippen LogP contribution in [0.4, 0.5) is 0 Å². The molecule has 0 aromatic carbocycles. The summed E-state index contributed by atoms with van der Waals surface area (Å²) in [5.41, 5.74) is 0.393. The molecule has 4 rings (SSSR count). The fraction of sp³-hybridized carbons (Fsp3) is 0.579. The van der Waals surface area contributed by atoms with Crippen molar-refractivity contribution in [3.8, 4) is 0 Å². The molecule has 1 unspecified atom stereocenters. The summed E-state index contributed by atoms with van der Waals surface area (Å²) in [7, 11) is 0. The number of amides is 1. The molecule has 1 aliphatic heterocycles. The van der Waals surface area contributed by atoms with Crippen LogP contribution in [-0.4, -0.2) is 39.6 Å². The highest BCUT2D eigenvalue weighted by atomic mass is 35.5. The molecule has 152 valence electrons. The Morgan fingerprint density at radius 3 is 2.75 bits per heavy atom. The summed E-state index contributed by atoms with van der Waals surface area (Å²) in [5, 5.41) is 6.49. The van der Waals surface area contributed by atoms with Gasteiger partial charge in [0.15, 0.2) is 5.65 Å². The number of nitrogens with zero attached hydrogens (tertiary/aromatic N) is 2. The van der Waals surface area contributed by atoms with Gasteiger partial charge in [-0.15, -0.1) is 12.4 Å². The van der Waals surface area contributed by atoms with Crippen molar-refractivity contribution in [1.82, 2.24) is 25.2 Å². The number of carbonyl (C=O) groups is 1. The minimum atomic E-state index is -0.554. The fourth-order valence-corrected chi connectivity index (χ4v) is 3.73. The zero-order valence-corrected chi connectivity index (χ0v) is 16.7. The number of hydrogen-bond acceptors (Lipinski definition) is 5. The maximum Gasteiger partial charge on any atom is 0.329 e. The third kappa shape index (κ3) is 3.98. The summed E-state index contributed by atoms with van der Waals surface area (Å²) >= 11 is 0. The lowest BCUT2D eigenvalue weighted by molar-refractivity contribution is 0.0951. The second-order valence-corrected chi connectivity index (χ2v) is 7.48. The van der Waals surface area contributed by atoms with Crippen molar-refractivity contribution in [2.75, 3.05) is 13.1 Å². The maximum absolute atomic E-state index is 12.9. The van der Waals surface area contributed by atoms with E-state index in [1.807, 2.05) is 6.92 Å². The molecule has 2 aliphatic rings. The number of nitrogens with one attached hydrogen (secondary N) is 3. The zero-order chi connectivity index (χ0) is 19.0. The molecule has 0 spiro atoms. The highest BCUT2D eigenvalue weighted by Crippen LogP contribution is 2.39. The van der Waals surface area contributed by atoms with Crippen LogP contribution in [0.3, 0.4) is 0 Å². The minimum Gasteiger partial charge on any atom is -0.350 e. The Hall–Kier alpha value is -2.19. The quantitative estimate of drug-likeness (QED) is 0.668. The van der Waals surface area contributed by atoms with Crippen molar-refractivity contribution < 1.29 is 4.79 Å². The monoisotopic (exact) mass is 407 g/mol. The van der Waals surface area contributed by atoms with Gasteiger partial charge in [-0.3, -0.25) is 19.1 Å². The van der Waals surface area contributed by atoms with Crippen LogP contribution < -0.4 is 21.9 Å². The van der Waals surface area contributed by atoms with Gasteiger partial charge in [0.05, 0.1) is 10.9 Å². The number of H-pyrrole nitrogens is 1. The van der Waals surface area contributed by atoms with Crippen molar-refractivity contribution in [3.63, 3.8) is 0 Å². The van der Waals surface area contributed by atoms with Crippen molar-refractivity contribution in [3.05, 3.63) is 38.2 Å². The summed E-state index contributed by atoms with van der Waals surface area (Å²) in [6, 6.07) is 1.99. The predicted octanol–water partition coefficient (Wildman–Crippen LogP) is 1.28. The standard InChI is InChI=1S/C19H25N5O3.ClH/c1-2-8-24-16-15(18(26)23-19(24)27)13(9-14(22-16)11-5-6-11)17(25)21-10-12-4-3-7-20-12;/h9,11-12,20H,2-8,10H2,1H3,(H,21,25)(H,23,26,27);1H. The van der Waals surface area contributed by atoms with Gasteiger partial charge in [0.2, 0.25) is 0 Å². The first kappa shape index (κ1) is 20.5. The number of aromatic amines is 1. The second-order valence-electron chi connectivity index (χ2n) is 7.48. The topological polar surface area (TPSA) is 109 Å². The second kappa shape index (κ2) is 8.45. The molecule has 1 amide bonds. The Balaban J connectivity index is 0.00000225. The van der Waals surface area contributed by atoms with E-state index in [-0.39, 0.29) is 29.7 Å². The van der Waals surface area contributed by atoms with Crippen molar-refractivity contribution in [1.29, 1.82) is 0 Å². The van der Waals surface area contributed by atoms with E-state index in [4.69, 9.17) is 0 Å². The average molecular weight is 408 g/mol. The molecule has 2 fully saturated rings. The van der Waals surface area contributed by atoms with Crippen LogP contribution in [-0.2, 0) is 6.54 Å². The number of carbonyl (C=O) groups excluding carboxylic acids is 1. The molecule has 3 heterocycles. The van der Waals surface area contributed by atoms with Crippen LogP contribution in [0.5, 0.6) is 0 Å². The first-order valence-electron chi connectivity index (χ1n) is 9.77. The van der Waals surface area contributed by atoms with E-state index < -0.39 is 11.2 Å². The van der Waals surface area contributed by atoms with Gasteiger partial charge in [-0.1, -0.05) is 6.92 Å². The van der Waals surface area contributed by atoms with E-state index in [0.29, 0.717) is 30.2 Å². The molecule has 1 atom stereocenters. The summed E-state index contributed by atoms with van der Waals surface area (Å²) in [6.45, 7) is 3.89. The van der Waals surface area contributed by atoms with E-state index in [1.54, 1.807) is 6.07 Å². The number of aryl methyl sites for hydroxylation is 1. The van der Waals surface area contributed by atoms with Crippen LogP contribution in [0.25, 0.3) is 11.0 Å². The number of hydrogen-bond donors (Lipinski definition) is 3. The molecule has 0 radical (unpaired) electrons. The van der Waals surface area contributed by atoms with Gasteiger partial charge in [0.25, 0.3) is 11.5 Å². The molecular weight excluding hydrogens is 382 g/mol. The number of rotatable bonds is 6. The summed E-state index contributed by atoms with van der Waals surface area (Å²) in [5.74, 6) is 0.0205. The van der Waals surface area contributed by atoms with E-state index in [0.717, 1.165) is 44.3 Å². The SMILES string of the molecule is CCCn1c(=O)[nH]c(=O)c2c(C(=O)NCC3CCCN3)cc(C3CC3)nc21.Cl. The van der Waals surface area contributed by atoms with E-state index >= 15 is 0 Å². The normalized spacial score (nSPS) is 18.8. The van der Waals surface area contributed by atoms with Crippen molar-refractivity contribution >= 4 is 29.3 Å². The maximum atomic E-state index is 12.9. The molecule has 9 heteroatoms. The third-order valence-corrected chi connectivity index (χ3v) is 5.33. The highest BCUT2D eigenvalue weighted by Gasteiger charge is 2.29. The van der Waals surface area contributed by atoms with Crippen LogP contribution >= 0.6 is 12.4 Å². The average Bonchev–Trinajstić information content (AvgIpc) is 3.38. The van der Waals surface area contributed by atoms with Gasteiger partial charge in [0, 0.05) is 30.7 Å². The molecule has 1 saturated carbocycles. The van der Waals surface area contributed by atoms with Crippen molar-refractivity contribution in [2.24, 2.45) is 0 Å². The van der Waals surface area contributed by atoms with Crippen LogP contribution in [0.15, 0.2) is 15.7 Å². The molecule has 1 aliphatic carbocycles. The smallest absolute Gasteiger partial charge is 0.329 e. The van der Waals surface area contributed by atoms with Crippen molar-refractivity contribution in [2.45, 2.75) is 57.5 Å². The lowest BCUT2D eigenvalue weighted by Gasteiger charge is -2.15. The third-order valence-electron chi connectivity index (χ3n) is 5.33. The highest BCUT2D eigenvalue weighted by molar-refractivity contribution is 6.05. The number of fused-ring (bicyclic) bond motifs is 1. The molecule has 1 saturated heterocycles. The lowest BCUT2D eigenvalue weighted by Crippen LogP contribution is -2.38. The summed E-state index contributed by atoms with van der Waals surface area (Å²) < 4.78 is 1.47. The first-order valence-corrected chi connectivity index (χ1v) is 9.77. The summed E-state index contributed by atoms with van der Waals surface area (Å²) in [6.07, 6.45) is 4.90. The zero-order valence-electron chi connectivity index (χ0n) is 15.9. The Labute approximate surface area is 168 Å². The number of aromatic nitrogens is 3. The minimum absolute atomic E-state index is 0. The van der Waals surface area contributed by atoms with Gasteiger partial charge in [-0.25, -0.2) is 9.78 Å². The fourth-order valence-electron chi connectivity index (χ4n) is 3.73. The summed E-state index contributed by atoms with van der Waals surface area (Å²) in [4.78, 5) is 44.7. The number of halogens is 1. The lowest BCUT2D eigenvalue weighted by atomic mass is 10.1. The van der Waals surface area contributed by atoms with E-state index in [1.165, 1.54) is 4.57 Å². The first-order chi connectivity index (χ1) is 13.1. The van der Waals surface area contributed by atoms with Gasteiger partial charge in [-0.05, 0) is 44.7 Å².